The number of nitrogens with two attached hydrogens (primary N) is 2. The summed E-state index contributed by atoms with van der Waals surface area (Å²) in [6.07, 6.45) is 0. The van der Waals surface area contributed by atoms with E-state index in [2.05, 4.69) is 5.32 Å². The van der Waals surface area contributed by atoms with Crippen LogP contribution in [0.2, 0.25) is 0 Å². The first kappa shape index (κ1) is 13.5. The number of nitrogens with one attached hydrogen (secondary N) is 1. The van der Waals surface area contributed by atoms with Crippen LogP contribution in [0.15, 0.2) is 42.5 Å². The smallest absolute Gasteiger partial charge is 0.257 e. The summed E-state index contributed by atoms with van der Waals surface area (Å²) < 4.78 is 13.3. The molecular formula is C14H12FN3O2. The second kappa shape index (κ2) is 5.40. The maximum Gasteiger partial charge on any atom is 0.257 e. The van der Waals surface area contributed by atoms with Gasteiger partial charge >= 0.3 is 0 Å². The van der Waals surface area contributed by atoms with Gasteiger partial charge in [-0.15, -0.1) is 0 Å². The van der Waals surface area contributed by atoms with Crippen molar-refractivity contribution in [3.8, 4) is 0 Å². The molecule has 5 nitrogen and oxygen atoms in total. The zero-order chi connectivity index (χ0) is 14.7. The van der Waals surface area contributed by atoms with Crippen LogP contribution in [0, 0.1) is 5.82 Å². The molecule has 0 bridgehead atoms. The van der Waals surface area contributed by atoms with E-state index in [1.54, 1.807) is 12.1 Å². The lowest BCUT2D eigenvalue weighted by atomic mass is 10.1. The van der Waals surface area contributed by atoms with E-state index in [9.17, 15) is 14.0 Å². The van der Waals surface area contributed by atoms with Crippen LogP contribution in [0.1, 0.15) is 20.7 Å². The molecule has 2 amide bonds. The van der Waals surface area contributed by atoms with Crippen LogP contribution < -0.4 is 16.8 Å². The number of benzene rings is 2. The first-order chi connectivity index (χ1) is 9.50. The van der Waals surface area contributed by atoms with E-state index in [1.165, 1.54) is 24.3 Å². The Kier molecular flexibility index (Phi) is 3.65. The standard InChI is InChI=1S/C14H12FN3O2/c15-10-6-3-5-9(12(10)16)14(20)18-11-7-2-1-4-8(11)13(17)19/h1-7H,16H2,(H2,17,19)(H,18,20). The number of rotatable bonds is 3. The van der Waals surface area contributed by atoms with Gasteiger partial charge in [-0.2, -0.15) is 0 Å². The molecule has 0 unspecified atom stereocenters. The molecule has 0 spiro atoms. The van der Waals surface area contributed by atoms with Gasteiger partial charge in [0.2, 0.25) is 0 Å². The highest BCUT2D eigenvalue weighted by molar-refractivity contribution is 6.10. The minimum atomic E-state index is -0.680. The molecule has 2 aromatic rings. The third-order valence-electron chi connectivity index (χ3n) is 2.74. The van der Waals surface area contributed by atoms with Crippen molar-refractivity contribution in [2.75, 3.05) is 11.1 Å². The van der Waals surface area contributed by atoms with Crippen molar-refractivity contribution in [3.63, 3.8) is 0 Å². The number of para-hydroxylation sites is 2. The van der Waals surface area contributed by atoms with Crippen LogP contribution in [-0.2, 0) is 0 Å². The fourth-order valence-corrected chi connectivity index (χ4v) is 1.73. The number of primary amides is 1. The average molecular weight is 273 g/mol. The molecule has 0 aliphatic carbocycles. The number of carbonyl (C=O) groups is 2. The van der Waals surface area contributed by atoms with Crippen LogP contribution in [0.4, 0.5) is 15.8 Å². The van der Waals surface area contributed by atoms with Gasteiger partial charge in [0.05, 0.1) is 22.5 Å². The third kappa shape index (κ3) is 2.59. The second-order valence-electron chi connectivity index (χ2n) is 4.07. The van der Waals surface area contributed by atoms with Gasteiger partial charge in [0.25, 0.3) is 11.8 Å². The lowest BCUT2D eigenvalue weighted by Gasteiger charge is -2.10. The van der Waals surface area contributed by atoms with Crippen LogP contribution in [0.25, 0.3) is 0 Å². The van der Waals surface area contributed by atoms with E-state index < -0.39 is 17.6 Å². The Morgan fingerprint density at radius 1 is 1.00 bits per heavy atom. The molecule has 0 saturated carbocycles. The molecule has 20 heavy (non-hydrogen) atoms. The molecule has 2 rings (SSSR count). The molecule has 102 valence electrons. The van der Waals surface area contributed by atoms with Gasteiger partial charge in [-0.05, 0) is 24.3 Å². The summed E-state index contributed by atoms with van der Waals surface area (Å²) in [6, 6.07) is 10.2. The Morgan fingerprint density at radius 3 is 2.35 bits per heavy atom. The molecule has 2 aromatic carbocycles. The Labute approximate surface area is 114 Å². The Hall–Kier alpha value is -2.89. The van der Waals surface area contributed by atoms with Gasteiger partial charge in [-0.25, -0.2) is 4.39 Å². The normalized spacial score (nSPS) is 10.1. The number of hydrogen-bond donors (Lipinski definition) is 3. The maximum absolute atomic E-state index is 13.3. The number of anilines is 2. The quantitative estimate of drug-likeness (QED) is 0.743. The number of hydrogen-bond acceptors (Lipinski definition) is 3. The fraction of sp³-hybridized carbons (Fsp3) is 0. The molecule has 0 aromatic heterocycles. The monoisotopic (exact) mass is 273 g/mol. The van der Waals surface area contributed by atoms with Gasteiger partial charge in [0, 0.05) is 0 Å². The van der Waals surface area contributed by atoms with Crippen molar-refractivity contribution in [1.82, 2.24) is 0 Å². The highest BCUT2D eigenvalue weighted by Gasteiger charge is 2.15. The summed E-state index contributed by atoms with van der Waals surface area (Å²) in [5.41, 5.74) is 10.9. The zero-order valence-electron chi connectivity index (χ0n) is 10.4. The summed E-state index contributed by atoms with van der Waals surface area (Å²) in [6.45, 7) is 0. The highest BCUT2D eigenvalue weighted by Crippen LogP contribution is 2.19. The molecule has 0 radical (unpaired) electrons. The summed E-state index contributed by atoms with van der Waals surface area (Å²) in [4.78, 5) is 23.3. The van der Waals surface area contributed by atoms with E-state index in [-0.39, 0.29) is 22.5 Å². The Balaban J connectivity index is 2.33. The number of halogens is 1. The van der Waals surface area contributed by atoms with E-state index in [4.69, 9.17) is 11.5 Å². The lowest BCUT2D eigenvalue weighted by Crippen LogP contribution is -2.19. The van der Waals surface area contributed by atoms with Gasteiger partial charge in [0.1, 0.15) is 5.82 Å². The fourth-order valence-electron chi connectivity index (χ4n) is 1.73. The molecular weight excluding hydrogens is 261 g/mol. The van der Waals surface area contributed by atoms with E-state index in [0.717, 1.165) is 6.07 Å². The number of amides is 2. The van der Waals surface area contributed by atoms with Gasteiger partial charge in [0.15, 0.2) is 0 Å². The molecule has 0 fully saturated rings. The molecule has 0 atom stereocenters. The van der Waals surface area contributed by atoms with Crippen LogP contribution in [0.5, 0.6) is 0 Å². The van der Waals surface area contributed by atoms with Crippen LogP contribution in [0.3, 0.4) is 0 Å². The van der Waals surface area contributed by atoms with Crippen molar-refractivity contribution in [1.29, 1.82) is 0 Å². The maximum atomic E-state index is 13.3. The second-order valence-corrected chi connectivity index (χ2v) is 4.07. The van der Waals surface area contributed by atoms with Crippen molar-refractivity contribution >= 4 is 23.2 Å². The first-order valence-electron chi connectivity index (χ1n) is 5.75. The van der Waals surface area contributed by atoms with Gasteiger partial charge in [-0.1, -0.05) is 18.2 Å². The number of nitrogen functional groups attached to an aromatic ring is 1. The van der Waals surface area contributed by atoms with E-state index >= 15 is 0 Å². The van der Waals surface area contributed by atoms with Crippen LogP contribution >= 0.6 is 0 Å². The molecule has 5 N–H and O–H groups in total. The van der Waals surface area contributed by atoms with Crippen molar-refractivity contribution in [2.45, 2.75) is 0 Å². The van der Waals surface area contributed by atoms with Crippen molar-refractivity contribution in [3.05, 3.63) is 59.4 Å². The predicted molar refractivity (Wildman–Crippen MR) is 73.7 cm³/mol. The topological polar surface area (TPSA) is 98.2 Å². The predicted octanol–water partition coefficient (Wildman–Crippen LogP) is 1.76. The minimum absolute atomic E-state index is 0.00993. The molecule has 0 heterocycles. The Bertz CT molecular complexity index is 686. The molecule has 0 saturated heterocycles. The molecule has 6 heteroatoms. The minimum Gasteiger partial charge on any atom is -0.396 e. The lowest BCUT2D eigenvalue weighted by molar-refractivity contribution is 0.100. The summed E-state index contributed by atoms with van der Waals surface area (Å²) >= 11 is 0. The average Bonchev–Trinajstić information content (AvgIpc) is 2.42. The highest BCUT2D eigenvalue weighted by atomic mass is 19.1. The SMILES string of the molecule is NC(=O)c1ccccc1NC(=O)c1cccc(F)c1N. The largest absolute Gasteiger partial charge is 0.396 e. The molecule has 0 aliphatic rings. The Morgan fingerprint density at radius 2 is 1.65 bits per heavy atom. The summed E-state index contributed by atoms with van der Waals surface area (Å²) in [5, 5.41) is 2.49. The van der Waals surface area contributed by atoms with Crippen molar-refractivity contribution < 1.29 is 14.0 Å². The van der Waals surface area contributed by atoms with Gasteiger partial charge in [-0.3, -0.25) is 9.59 Å². The summed E-state index contributed by atoms with van der Waals surface area (Å²) in [7, 11) is 0. The number of carbonyl (C=O) groups excluding carboxylic acids is 2. The van der Waals surface area contributed by atoms with E-state index in [0.29, 0.717) is 0 Å². The molecule has 0 aliphatic heterocycles. The zero-order valence-corrected chi connectivity index (χ0v) is 10.4. The van der Waals surface area contributed by atoms with Crippen molar-refractivity contribution in [2.24, 2.45) is 5.73 Å². The summed E-state index contributed by atoms with van der Waals surface area (Å²) in [5.74, 6) is -1.97. The van der Waals surface area contributed by atoms with Gasteiger partial charge < -0.3 is 16.8 Å². The first-order valence-corrected chi connectivity index (χ1v) is 5.75. The third-order valence-corrected chi connectivity index (χ3v) is 2.74. The van der Waals surface area contributed by atoms with E-state index in [1.807, 2.05) is 0 Å². The van der Waals surface area contributed by atoms with Crippen LogP contribution in [-0.4, -0.2) is 11.8 Å².